The van der Waals surface area contributed by atoms with Crippen LogP contribution < -0.4 is 9.62 Å². The third-order valence-electron chi connectivity index (χ3n) is 4.64. The molecule has 0 saturated heterocycles. The molecule has 3 rings (SSSR count). The number of alkyl halides is 3. The van der Waals surface area contributed by atoms with Crippen molar-refractivity contribution in [3.8, 4) is 0 Å². The van der Waals surface area contributed by atoms with Crippen molar-refractivity contribution >= 4 is 38.9 Å². The average molecular weight is 513 g/mol. The molecular weight excluding hydrogens is 496 g/mol. The minimum atomic E-state index is -4.69. The van der Waals surface area contributed by atoms with Crippen LogP contribution in [0.3, 0.4) is 0 Å². The van der Waals surface area contributed by atoms with Gasteiger partial charge in [-0.3, -0.25) is 9.10 Å². The molecule has 178 valence electrons. The molecule has 1 amide bonds. The highest BCUT2D eigenvalue weighted by atomic mass is 35.5. The summed E-state index contributed by atoms with van der Waals surface area (Å²) in [5, 5.41) is 2.07. The van der Waals surface area contributed by atoms with Gasteiger partial charge in [0.05, 0.1) is 28.5 Å². The smallest absolute Gasteiger partial charge is 0.319 e. The topological polar surface area (TPSA) is 66.5 Å². The normalized spacial score (nSPS) is 11.7. The molecule has 0 fully saturated rings. The molecule has 11 heteroatoms. The summed E-state index contributed by atoms with van der Waals surface area (Å²) in [4.78, 5) is 12.1. The predicted molar refractivity (Wildman–Crippen MR) is 122 cm³/mol. The van der Waals surface area contributed by atoms with Crippen molar-refractivity contribution in [2.45, 2.75) is 11.1 Å². The monoisotopic (exact) mass is 512 g/mol. The maximum Gasteiger partial charge on any atom is 0.416 e. The Hall–Kier alpha value is -3.37. The average Bonchev–Trinajstić information content (AvgIpc) is 2.78. The number of halogens is 5. The summed E-state index contributed by atoms with van der Waals surface area (Å²) < 4.78 is 80.9. The summed E-state index contributed by atoms with van der Waals surface area (Å²) in [6, 6.07) is 12.5. The third-order valence-corrected chi connectivity index (χ3v) is 6.92. The van der Waals surface area contributed by atoms with E-state index < -0.39 is 38.4 Å². The Morgan fingerprint density at radius 3 is 2.41 bits per heavy atom. The third kappa shape index (κ3) is 5.40. The lowest BCUT2D eigenvalue weighted by atomic mass is 10.2. The van der Waals surface area contributed by atoms with E-state index in [4.69, 9.17) is 11.6 Å². The van der Waals surface area contributed by atoms with E-state index in [1.807, 2.05) is 0 Å². The van der Waals surface area contributed by atoms with Crippen LogP contribution in [0.25, 0.3) is 0 Å². The number of anilines is 2. The van der Waals surface area contributed by atoms with E-state index >= 15 is 0 Å². The minimum Gasteiger partial charge on any atom is -0.319 e. The molecular formula is C23H17ClF4N2O3S. The van der Waals surface area contributed by atoms with Crippen LogP contribution in [0.4, 0.5) is 28.9 Å². The van der Waals surface area contributed by atoms with Crippen LogP contribution in [-0.4, -0.2) is 20.9 Å². The molecule has 1 N–H and O–H groups in total. The number of hydrogen-bond acceptors (Lipinski definition) is 3. The first-order valence-corrected chi connectivity index (χ1v) is 11.4. The van der Waals surface area contributed by atoms with Crippen molar-refractivity contribution in [2.24, 2.45) is 0 Å². The van der Waals surface area contributed by atoms with Gasteiger partial charge < -0.3 is 5.32 Å². The maximum absolute atomic E-state index is 13.9. The second-order valence-corrected chi connectivity index (χ2v) is 9.19. The largest absolute Gasteiger partial charge is 0.416 e. The van der Waals surface area contributed by atoms with Gasteiger partial charge in [0, 0.05) is 5.56 Å². The van der Waals surface area contributed by atoms with Gasteiger partial charge in [0.2, 0.25) is 0 Å². The highest BCUT2D eigenvalue weighted by Crippen LogP contribution is 2.34. The minimum absolute atomic E-state index is 0.121. The lowest BCUT2D eigenvalue weighted by Crippen LogP contribution is -2.32. The number of rotatable bonds is 7. The number of amides is 1. The molecule has 0 aliphatic rings. The number of benzene rings is 3. The van der Waals surface area contributed by atoms with Crippen LogP contribution in [0.1, 0.15) is 15.9 Å². The van der Waals surface area contributed by atoms with Gasteiger partial charge in [0.15, 0.2) is 0 Å². The fraction of sp³-hybridized carbons (Fsp3) is 0.0870. The van der Waals surface area contributed by atoms with Crippen molar-refractivity contribution in [1.29, 1.82) is 0 Å². The van der Waals surface area contributed by atoms with Gasteiger partial charge in [0.25, 0.3) is 15.9 Å². The molecule has 0 unspecified atom stereocenters. The van der Waals surface area contributed by atoms with Crippen LogP contribution in [-0.2, 0) is 16.2 Å². The van der Waals surface area contributed by atoms with Gasteiger partial charge in [-0.15, -0.1) is 6.58 Å². The summed E-state index contributed by atoms with van der Waals surface area (Å²) in [6.45, 7) is 3.10. The molecule has 0 aromatic heterocycles. The molecule has 0 radical (unpaired) electrons. The lowest BCUT2D eigenvalue weighted by Gasteiger charge is -2.24. The van der Waals surface area contributed by atoms with E-state index in [0.717, 1.165) is 30.3 Å². The quantitative estimate of drug-likeness (QED) is 0.306. The molecule has 0 spiro atoms. The van der Waals surface area contributed by atoms with E-state index in [9.17, 15) is 30.8 Å². The van der Waals surface area contributed by atoms with Gasteiger partial charge in [-0.25, -0.2) is 12.8 Å². The molecule has 3 aromatic carbocycles. The van der Waals surface area contributed by atoms with Gasteiger partial charge in [0.1, 0.15) is 10.7 Å². The van der Waals surface area contributed by atoms with Crippen LogP contribution in [0.2, 0.25) is 5.02 Å². The van der Waals surface area contributed by atoms with Crippen molar-refractivity contribution < 1.29 is 30.8 Å². The fourth-order valence-corrected chi connectivity index (χ4v) is 4.95. The van der Waals surface area contributed by atoms with Gasteiger partial charge >= 0.3 is 6.18 Å². The first-order chi connectivity index (χ1) is 15.9. The molecule has 5 nitrogen and oxygen atoms in total. The fourth-order valence-electron chi connectivity index (χ4n) is 3.01. The van der Waals surface area contributed by atoms with E-state index in [2.05, 4.69) is 11.9 Å². The number of sulfonamides is 1. The summed E-state index contributed by atoms with van der Waals surface area (Å²) in [5.41, 5.74) is -1.59. The zero-order chi connectivity index (χ0) is 25.1. The SMILES string of the molecule is C=CCN(c1cccc(C(F)(F)F)c1)S(=O)(=O)c1cc(C(=O)Nc2ccccc2F)ccc1Cl. The first-order valence-electron chi connectivity index (χ1n) is 9.61. The number of carbonyl (C=O) groups excluding carboxylic acids is 1. The highest BCUT2D eigenvalue weighted by molar-refractivity contribution is 7.93. The van der Waals surface area contributed by atoms with Gasteiger partial charge in [-0.05, 0) is 48.5 Å². The lowest BCUT2D eigenvalue weighted by molar-refractivity contribution is -0.137. The number of nitrogens with zero attached hydrogens (tertiary/aromatic N) is 1. The van der Waals surface area contributed by atoms with Crippen molar-refractivity contribution in [2.75, 3.05) is 16.2 Å². The second kappa shape index (κ2) is 9.86. The van der Waals surface area contributed by atoms with E-state index in [1.54, 1.807) is 0 Å². The Kier molecular flexibility index (Phi) is 7.32. The zero-order valence-corrected chi connectivity index (χ0v) is 18.9. The Labute approximate surface area is 198 Å². The number of para-hydroxylation sites is 1. The molecule has 34 heavy (non-hydrogen) atoms. The Morgan fingerprint density at radius 1 is 1.06 bits per heavy atom. The number of hydrogen-bond donors (Lipinski definition) is 1. The van der Waals surface area contributed by atoms with E-state index in [-0.39, 0.29) is 28.5 Å². The van der Waals surface area contributed by atoms with Crippen molar-refractivity contribution in [3.05, 3.63) is 101 Å². The zero-order valence-electron chi connectivity index (χ0n) is 17.3. The van der Waals surface area contributed by atoms with Crippen LogP contribution in [0, 0.1) is 5.82 Å². The van der Waals surface area contributed by atoms with Crippen molar-refractivity contribution in [3.63, 3.8) is 0 Å². The highest BCUT2D eigenvalue weighted by Gasteiger charge is 2.33. The molecule has 3 aromatic rings. The Morgan fingerprint density at radius 2 is 1.76 bits per heavy atom. The van der Waals surface area contributed by atoms with Gasteiger partial charge in [-0.2, -0.15) is 13.2 Å². The van der Waals surface area contributed by atoms with E-state index in [1.165, 1.54) is 36.4 Å². The molecule has 0 atom stereocenters. The Bertz CT molecular complexity index is 1340. The number of carbonyl (C=O) groups is 1. The molecule has 0 aliphatic carbocycles. The van der Waals surface area contributed by atoms with Gasteiger partial charge in [-0.1, -0.05) is 35.9 Å². The summed E-state index contributed by atoms with van der Waals surface area (Å²) in [5.74, 6) is -1.51. The molecule has 0 aliphatic heterocycles. The molecule has 0 bridgehead atoms. The summed E-state index contributed by atoms with van der Waals surface area (Å²) >= 11 is 6.10. The molecule has 0 heterocycles. The van der Waals surface area contributed by atoms with Crippen LogP contribution in [0.15, 0.2) is 84.3 Å². The van der Waals surface area contributed by atoms with Crippen LogP contribution >= 0.6 is 11.6 Å². The maximum atomic E-state index is 13.9. The standard InChI is InChI=1S/C23H17ClF4N2O3S/c1-2-12-30(17-7-5-6-16(14-17)23(26,27)28)34(32,33)21-13-15(10-11-18(21)24)22(31)29-20-9-4-3-8-19(20)25/h2-11,13-14H,1,12H2,(H,29,31). The summed E-state index contributed by atoms with van der Waals surface area (Å²) in [7, 11) is -4.54. The van der Waals surface area contributed by atoms with Crippen molar-refractivity contribution in [1.82, 2.24) is 0 Å². The predicted octanol–water partition coefficient (Wildman–Crippen LogP) is 6.13. The van der Waals surface area contributed by atoms with Crippen LogP contribution in [0.5, 0.6) is 0 Å². The second-order valence-electron chi connectivity index (χ2n) is 6.95. The first kappa shape index (κ1) is 25.3. The van der Waals surface area contributed by atoms with E-state index in [0.29, 0.717) is 10.4 Å². The Balaban J connectivity index is 2.04. The molecule has 0 saturated carbocycles. The summed E-state index contributed by atoms with van der Waals surface area (Å²) in [6.07, 6.45) is -3.50. The number of nitrogens with one attached hydrogen (secondary N) is 1.